The van der Waals surface area contributed by atoms with Crippen molar-refractivity contribution in [1.82, 2.24) is 4.90 Å². The van der Waals surface area contributed by atoms with Crippen molar-refractivity contribution >= 4 is 43.2 Å². The monoisotopic (exact) mass is 565 g/mol. The zero-order chi connectivity index (χ0) is 25.5. The van der Waals surface area contributed by atoms with E-state index in [0.717, 1.165) is 19.3 Å². The minimum atomic E-state index is -2.38. The minimum absolute atomic E-state index is 0.137. The Bertz CT molecular complexity index is 1100. The first-order chi connectivity index (χ1) is 17.4. The molecule has 5 heteroatoms. The molecule has 0 aromatic heterocycles. The van der Waals surface area contributed by atoms with E-state index in [0.29, 0.717) is 17.7 Å². The van der Waals surface area contributed by atoms with E-state index < -0.39 is 5.31 Å². The van der Waals surface area contributed by atoms with E-state index in [1.807, 2.05) is 12.1 Å². The summed E-state index contributed by atoms with van der Waals surface area (Å²) >= 11 is 4.34. The number of amides is 2. The molecule has 1 aliphatic rings. The molecule has 0 spiro atoms. The van der Waals surface area contributed by atoms with Crippen LogP contribution in [-0.4, -0.2) is 36.1 Å². The Kier molecular flexibility index (Phi) is 8.80. The summed E-state index contributed by atoms with van der Waals surface area (Å²) in [7, 11) is 0. The van der Waals surface area contributed by atoms with Crippen LogP contribution in [0.4, 0.5) is 0 Å². The van der Waals surface area contributed by atoms with Crippen LogP contribution in [0.5, 0.6) is 0 Å². The first-order valence-electron chi connectivity index (χ1n) is 13.2. The van der Waals surface area contributed by atoms with Gasteiger partial charge in [-0.2, -0.15) is 0 Å². The first kappa shape index (κ1) is 26.8. The van der Waals surface area contributed by atoms with Gasteiger partial charge in [0.1, 0.15) is 0 Å². The number of nitrogens with zero attached hydrogens (tertiary/aromatic N) is 1. The molecule has 0 radical (unpaired) electrons. The molecule has 0 saturated heterocycles. The van der Waals surface area contributed by atoms with Crippen molar-refractivity contribution in [2.75, 3.05) is 19.4 Å². The molecule has 1 aliphatic heterocycles. The van der Waals surface area contributed by atoms with Crippen molar-refractivity contribution in [2.24, 2.45) is 0 Å². The molecule has 0 N–H and O–H groups in total. The van der Waals surface area contributed by atoms with Crippen molar-refractivity contribution in [3.63, 3.8) is 0 Å². The zero-order valence-electron chi connectivity index (χ0n) is 21.2. The van der Waals surface area contributed by atoms with Gasteiger partial charge in [-0.3, -0.25) is 9.59 Å². The van der Waals surface area contributed by atoms with Gasteiger partial charge in [-0.1, -0.05) is 12.1 Å². The van der Waals surface area contributed by atoms with E-state index in [1.165, 1.54) is 53.8 Å². The number of hydrogen-bond acceptors (Lipinski definition) is 2. The second-order valence-electron chi connectivity index (χ2n) is 10.2. The van der Waals surface area contributed by atoms with Crippen molar-refractivity contribution in [2.45, 2.75) is 51.4 Å². The van der Waals surface area contributed by atoms with E-state index >= 15 is 0 Å². The van der Waals surface area contributed by atoms with E-state index in [4.69, 9.17) is 0 Å². The number of imide groups is 1. The van der Waals surface area contributed by atoms with Gasteiger partial charge < -0.3 is 0 Å². The molecule has 2 amide bonds. The Morgan fingerprint density at radius 3 is 1.44 bits per heavy atom. The zero-order valence-corrected chi connectivity index (χ0v) is 23.7. The van der Waals surface area contributed by atoms with Crippen molar-refractivity contribution in [3.05, 3.63) is 96.1 Å². The summed E-state index contributed by atoms with van der Waals surface area (Å²) in [5.74, 6) is -0.275. The molecule has 190 valence electrons. The van der Waals surface area contributed by atoms with Gasteiger partial charge in [0.15, 0.2) is 0 Å². The fourth-order valence-electron chi connectivity index (χ4n) is 5.29. The number of fused-ring (bicyclic) bond motifs is 1. The summed E-state index contributed by atoms with van der Waals surface area (Å²) in [5, 5.41) is 0.469. The number of benzene rings is 3. The van der Waals surface area contributed by atoms with E-state index in [-0.39, 0.29) is 11.8 Å². The molecule has 0 saturated carbocycles. The third kappa shape index (κ3) is 5.82. The van der Waals surface area contributed by atoms with Crippen LogP contribution in [0.1, 0.15) is 72.1 Å². The molecule has 3 aromatic carbocycles. The van der Waals surface area contributed by atoms with Crippen LogP contribution in [0.15, 0.2) is 84.9 Å². The third-order valence-corrected chi connectivity index (χ3v) is 15.7. The van der Waals surface area contributed by atoms with Crippen LogP contribution < -0.4 is 10.6 Å². The van der Waals surface area contributed by atoms with Gasteiger partial charge in [0.05, 0.1) is 11.1 Å². The Hall–Kier alpha value is -2.29. The molecular weight excluding hydrogens is 529 g/mol. The van der Waals surface area contributed by atoms with Crippen LogP contribution in [0.2, 0.25) is 0 Å². The summed E-state index contributed by atoms with van der Waals surface area (Å²) in [6.45, 7) is 2.98. The van der Waals surface area contributed by atoms with E-state index in [9.17, 15) is 9.59 Å². The predicted octanol–water partition coefficient (Wildman–Crippen LogP) is 7.55. The Labute approximate surface area is 224 Å². The molecule has 1 heterocycles. The molecular formula is C31H37BrNO2P. The molecule has 0 unspecified atom stereocenters. The van der Waals surface area contributed by atoms with Gasteiger partial charge in [-0.15, -0.1) is 0 Å². The number of unbranched alkanes of at least 4 members (excludes halogenated alkanes) is 7. The quantitative estimate of drug-likeness (QED) is 0.122. The third-order valence-electron chi connectivity index (χ3n) is 7.55. The summed E-state index contributed by atoms with van der Waals surface area (Å²) in [5.41, 5.74) is 1.09. The van der Waals surface area contributed by atoms with Gasteiger partial charge in [0.25, 0.3) is 0 Å². The topological polar surface area (TPSA) is 37.4 Å². The van der Waals surface area contributed by atoms with Crippen LogP contribution in [0.25, 0.3) is 0 Å². The second-order valence-corrected chi connectivity index (χ2v) is 20.7. The normalized spacial score (nSPS) is 14.5. The van der Waals surface area contributed by atoms with Gasteiger partial charge in [0, 0.05) is 0 Å². The van der Waals surface area contributed by atoms with Gasteiger partial charge in [0.2, 0.25) is 0 Å². The molecule has 0 bridgehead atoms. The maximum absolute atomic E-state index is 12.5. The Morgan fingerprint density at radius 2 is 0.972 bits per heavy atom. The molecule has 0 atom stereocenters. The van der Waals surface area contributed by atoms with E-state index in [2.05, 4.69) is 82.8 Å². The number of carbonyl (C=O) groups excluding carboxylic acids is 2. The molecule has 3 nitrogen and oxygen atoms in total. The Morgan fingerprint density at radius 1 is 0.583 bits per heavy atom. The van der Waals surface area contributed by atoms with Crippen LogP contribution in [0, 0.1) is 0 Å². The number of carbonyl (C=O) groups is 2. The van der Waals surface area contributed by atoms with Crippen LogP contribution >= 0.6 is 20.8 Å². The van der Waals surface area contributed by atoms with Gasteiger partial charge in [-0.05, 0) is 12.1 Å². The molecule has 0 fully saturated rings. The average molecular weight is 567 g/mol. The standard InChI is InChI=1S/C31H37BrNO2P/c1-36(32,26-18-10-8-11-19-26,27-20-12-9-13-21-27)25-17-7-5-3-2-4-6-16-24-33-30(34)28-22-14-15-23-29(28)31(33)35/h8-15,18-23H,2-7,16-17,24-25H2,1H3. The summed E-state index contributed by atoms with van der Waals surface area (Å²) in [6.07, 6.45) is 10.4. The second kappa shape index (κ2) is 11.8. The summed E-state index contributed by atoms with van der Waals surface area (Å²) in [6, 6.07) is 29.0. The molecule has 3 aromatic rings. The van der Waals surface area contributed by atoms with E-state index in [1.54, 1.807) is 12.1 Å². The summed E-state index contributed by atoms with van der Waals surface area (Å²) in [4.78, 5) is 26.3. The van der Waals surface area contributed by atoms with Crippen molar-refractivity contribution in [3.8, 4) is 0 Å². The summed E-state index contributed by atoms with van der Waals surface area (Å²) < 4.78 is 0. The molecule has 36 heavy (non-hydrogen) atoms. The number of rotatable bonds is 13. The average Bonchev–Trinajstić information content (AvgIpc) is 3.16. The predicted molar refractivity (Wildman–Crippen MR) is 158 cm³/mol. The SMILES string of the molecule is CP(Br)(CCCCCCCCCCN1C(=O)c2ccccc2C1=O)(c1ccccc1)c1ccccc1. The first-order valence-corrected chi connectivity index (χ1v) is 18.1. The van der Waals surface area contributed by atoms with Gasteiger partial charge in [-0.25, -0.2) is 0 Å². The fraction of sp³-hybridized carbons (Fsp3) is 0.355. The van der Waals surface area contributed by atoms with Crippen molar-refractivity contribution in [1.29, 1.82) is 0 Å². The maximum atomic E-state index is 12.5. The fourth-order valence-corrected chi connectivity index (χ4v) is 11.1. The van der Waals surface area contributed by atoms with Crippen LogP contribution in [0.3, 0.4) is 0 Å². The molecule has 4 rings (SSSR count). The number of halogens is 1. The van der Waals surface area contributed by atoms with Crippen LogP contribution in [-0.2, 0) is 0 Å². The van der Waals surface area contributed by atoms with Crippen molar-refractivity contribution < 1.29 is 9.59 Å². The molecule has 0 aliphatic carbocycles. The Balaban J connectivity index is 1.16. The van der Waals surface area contributed by atoms with Gasteiger partial charge >= 0.3 is 180 Å². The number of hydrogen-bond donors (Lipinski definition) is 0.